The first-order valence-corrected chi connectivity index (χ1v) is 6.92. The van der Waals surface area contributed by atoms with E-state index >= 15 is 0 Å². The van der Waals surface area contributed by atoms with E-state index in [1.807, 2.05) is 6.07 Å². The minimum Gasteiger partial charge on any atom is -0.379 e. The minimum absolute atomic E-state index is 0.853. The Bertz CT molecular complexity index is 466. The zero-order valence-electron chi connectivity index (χ0n) is 11.5. The van der Waals surface area contributed by atoms with Gasteiger partial charge in [-0.25, -0.2) is 4.99 Å². The predicted octanol–water partition coefficient (Wildman–Crippen LogP) is 2.93. The molecule has 4 heteroatoms. The normalized spacial score (nSPS) is 17.2. The van der Waals surface area contributed by atoms with Crippen molar-refractivity contribution in [2.75, 3.05) is 27.2 Å². The van der Waals surface area contributed by atoms with Crippen molar-refractivity contribution in [3.05, 3.63) is 47.3 Å². The number of rotatable bonds is 4. The second-order valence-electron chi connectivity index (χ2n) is 4.96. The molecule has 1 aromatic carbocycles. The van der Waals surface area contributed by atoms with Gasteiger partial charge in [-0.2, -0.15) is 0 Å². The molecule has 0 bridgehead atoms. The average molecular weight is 278 g/mol. The van der Waals surface area contributed by atoms with Gasteiger partial charge in [-0.1, -0.05) is 41.9 Å². The van der Waals surface area contributed by atoms with Crippen LogP contribution in [-0.4, -0.2) is 42.7 Å². The van der Waals surface area contributed by atoms with Crippen molar-refractivity contribution in [2.24, 2.45) is 4.99 Å². The van der Waals surface area contributed by atoms with Crippen LogP contribution in [-0.2, 0) is 6.54 Å². The molecule has 0 fully saturated rings. The highest BCUT2D eigenvalue weighted by Crippen LogP contribution is 2.22. The van der Waals surface area contributed by atoms with Crippen LogP contribution in [0.2, 0.25) is 0 Å². The molecule has 1 aromatic rings. The van der Waals surface area contributed by atoms with Crippen molar-refractivity contribution in [3.8, 4) is 0 Å². The molecule has 0 aromatic heterocycles. The topological polar surface area (TPSA) is 18.8 Å². The molecular formula is C15H20ClN3. The van der Waals surface area contributed by atoms with Gasteiger partial charge in [0.2, 0.25) is 0 Å². The summed E-state index contributed by atoms with van der Waals surface area (Å²) in [6, 6.07) is 10.5. The summed E-state index contributed by atoms with van der Waals surface area (Å²) in [7, 11) is 4.12. The van der Waals surface area contributed by atoms with Crippen LogP contribution in [0.5, 0.6) is 0 Å². The Morgan fingerprint density at radius 3 is 2.68 bits per heavy atom. The highest BCUT2D eigenvalue weighted by Gasteiger charge is 2.19. The molecule has 0 N–H and O–H groups in total. The van der Waals surface area contributed by atoms with Crippen molar-refractivity contribution >= 4 is 17.3 Å². The van der Waals surface area contributed by atoms with Crippen LogP contribution in [0.15, 0.2) is 46.7 Å². The highest BCUT2D eigenvalue weighted by molar-refractivity contribution is 6.56. The Labute approximate surface area is 120 Å². The fraction of sp³-hybridized carbons (Fsp3) is 0.400. The second-order valence-corrected chi connectivity index (χ2v) is 5.16. The summed E-state index contributed by atoms with van der Waals surface area (Å²) in [5.74, 6) is 0. The van der Waals surface area contributed by atoms with Crippen molar-refractivity contribution in [2.45, 2.75) is 13.0 Å². The highest BCUT2D eigenvalue weighted by atomic mass is 35.5. The first kappa shape index (κ1) is 14.1. The van der Waals surface area contributed by atoms with Crippen molar-refractivity contribution < 1.29 is 0 Å². The molecule has 102 valence electrons. The molecule has 2 rings (SSSR count). The zero-order chi connectivity index (χ0) is 13.7. The Morgan fingerprint density at radius 2 is 2.05 bits per heavy atom. The number of aliphatic imine (C=N–C) groups is 1. The molecule has 0 unspecified atom stereocenters. The summed E-state index contributed by atoms with van der Waals surface area (Å²) in [6.45, 7) is 2.87. The van der Waals surface area contributed by atoms with Gasteiger partial charge in [0.1, 0.15) is 0 Å². The quantitative estimate of drug-likeness (QED) is 0.788. The molecular weight excluding hydrogens is 258 g/mol. The third kappa shape index (κ3) is 3.82. The Kier molecular flexibility index (Phi) is 5.00. The molecule has 3 nitrogen and oxygen atoms in total. The van der Waals surface area contributed by atoms with E-state index < -0.39 is 0 Å². The van der Waals surface area contributed by atoms with E-state index in [1.54, 1.807) is 0 Å². The van der Waals surface area contributed by atoms with Gasteiger partial charge in [-0.3, -0.25) is 4.90 Å². The summed E-state index contributed by atoms with van der Waals surface area (Å²) in [6.07, 6.45) is 1.02. The number of hydrogen-bond donors (Lipinski definition) is 0. The van der Waals surface area contributed by atoms with Crippen molar-refractivity contribution in [3.63, 3.8) is 0 Å². The van der Waals surface area contributed by atoms with Gasteiger partial charge >= 0.3 is 0 Å². The number of nitrogens with zero attached hydrogens (tertiary/aromatic N) is 3. The van der Waals surface area contributed by atoms with E-state index in [-0.39, 0.29) is 0 Å². The lowest BCUT2D eigenvalue weighted by Crippen LogP contribution is -2.34. The molecule has 19 heavy (non-hydrogen) atoms. The van der Waals surface area contributed by atoms with Gasteiger partial charge in [0.25, 0.3) is 0 Å². The van der Waals surface area contributed by atoms with Crippen LogP contribution in [0.1, 0.15) is 12.0 Å². The van der Waals surface area contributed by atoms with E-state index in [0.717, 1.165) is 31.8 Å². The lowest BCUT2D eigenvalue weighted by Gasteiger charge is -2.32. The molecule has 0 spiro atoms. The fourth-order valence-electron chi connectivity index (χ4n) is 2.42. The van der Waals surface area contributed by atoms with Crippen molar-refractivity contribution in [1.82, 2.24) is 9.80 Å². The van der Waals surface area contributed by atoms with Crippen LogP contribution >= 0.6 is 11.6 Å². The van der Waals surface area contributed by atoms with Gasteiger partial charge in [0, 0.05) is 45.8 Å². The maximum Gasteiger partial charge on any atom is 0.0931 e. The summed E-state index contributed by atoms with van der Waals surface area (Å²) in [4.78, 5) is 8.86. The largest absolute Gasteiger partial charge is 0.379 e. The monoisotopic (exact) mass is 277 g/mol. The van der Waals surface area contributed by atoms with Crippen LogP contribution in [0, 0.1) is 0 Å². The minimum atomic E-state index is 0.853. The first-order chi connectivity index (χ1) is 9.20. The van der Waals surface area contributed by atoms with Gasteiger partial charge in [-0.15, -0.1) is 0 Å². The summed E-state index contributed by atoms with van der Waals surface area (Å²) < 4.78 is 0. The summed E-state index contributed by atoms with van der Waals surface area (Å²) in [5.41, 5.74) is 5.05. The van der Waals surface area contributed by atoms with Gasteiger partial charge < -0.3 is 4.90 Å². The first-order valence-electron chi connectivity index (χ1n) is 6.49. The van der Waals surface area contributed by atoms with E-state index in [0.29, 0.717) is 0 Å². The maximum absolute atomic E-state index is 5.65. The molecule has 0 amide bonds. The molecule has 0 saturated heterocycles. The third-order valence-electron chi connectivity index (χ3n) is 3.36. The Balaban J connectivity index is 2.08. The molecule has 1 aliphatic heterocycles. The summed E-state index contributed by atoms with van der Waals surface area (Å²) in [5, 5.41) is 0. The lowest BCUT2D eigenvalue weighted by molar-refractivity contribution is 0.258. The number of halogens is 1. The molecule has 1 heterocycles. The predicted molar refractivity (Wildman–Crippen MR) is 81.4 cm³/mol. The van der Waals surface area contributed by atoms with Crippen LogP contribution in [0.4, 0.5) is 0 Å². The second kappa shape index (κ2) is 6.73. The average Bonchev–Trinajstić information content (AvgIpc) is 2.40. The van der Waals surface area contributed by atoms with Gasteiger partial charge in [-0.05, 0) is 5.56 Å². The SMILES string of the molecule is CN(C)C1=C(/N=C/Cl)CN(Cc2ccccc2)CC1. The van der Waals surface area contributed by atoms with Gasteiger partial charge in [0.05, 0.1) is 11.4 Å². The van der Waals surface area contributed by atoms with E-state index in [4.69, 9.17) is 11.6 Å². The molecule has 0 saturated carbocycles. The zero-order valence-corrected chi connectivity index (χ0v) is 12.3. The summed E-state index contributed by atoms with van der Waals surface area (Å²) >= 11 is 5.65. The molecule has 0 atom stereocenters. The van der Waals surface area contributed by atoms with Crippen LogP contribution in [0.25, 0.3) is 0 Å². The standard InChI is InChI=1S/C15H20ClN3/c1-18(2)15-8-9-19(11-14(15)17-12-16)10-13-6-4-3-5-7-13/h3-7,12H,8-11H2,1-2H3/b17-12+. The van der Waals surface area contributed by atoms with Crippen molar-refractivity contribution in [1.29, 1.82) is 0 Å². The fourth-order valence-corrected chi connectivity index (χ4v) is 2.54. The Morgan fingerprint density at radius 1 is 1.32 bits per heavy atom. The van der Waals surface area contributed by atoms with Crippen LogP contribution in [0.3, 0.4) is 0 Å². The smallest absolute Gasteiger partial charge is 0.0931 e. The molecule has 0 aliphatic carbocycles. The van der Waals surface area contributed by atoms with Gasteiger partial charge in [0.15, 0.2) is 0 Å². The molecule has 0 radical (unpaired) electrons. The maximum atomic E-state index is 5.65. The third-order valence-corrected chi connectivity index (χ3v) is 3.46. The molecule has 1 aliphatic rings. The van der Waals surface area contributed by atoms with E-state index in [9.17, 15) is 0 Å². The van der Waals surface area contributed by atoms with E-state index in [2.05, 4.69) is 53.2 Å². The van der Waals surface area contributed by atoms with E-state index in [1.165, 1.54) is 16.9 Å². The van der Waals surface area contributed by atoms with Crippen LogP contribution < -0.4 is 0 Å². The lowest BCUT2D eigenvalue weighted by atomic mass is 10.1. The number of benzene rings is 1. The Hall–Kier alpha value is -1.32. The number of hydrogen-bond acceptors (Lipinski definition) is 3.